The summed E-state index contributed by atoms with van der Waals surface area (Å²) >= 11 is 0. The third-order valence-electron chi connectivity index (χ3n) is 2.50. The first kappa shape index (κ1) is 7.07. The molecule has 1 rings (SSSR count). The fourth-order valence-electron chi connectivity index (χ4n) is 1.27. The number of ether oxygens (including phenoxy) is 1. The Balaban J connectivity index is 2.42. The number of hydrogen-bond acceptors (Lipinski definition) is 1. The van der Waals surface area contributed by atoms with Crippen molar-refractivity contribution in [3.63, 3.8) is 0 Å². The van der Waals surface area contributed by atoms with Crippen molar-refractivity contribution in [2.45, 2.75) is 45.8 Å². The van der Waals surface area contributed by atoms with Crippen LogP contribution in [0.15, 0.2) is 0 Å². The van der Waals surface area contributed by atoms with Crippen LogP contribution >= 0.6 is 0 Å². The van der Waals surface area contributed by atoms with Crippen molar-refractivity contribution in [2.24, 2.45) is 5.92 Å². The molecule has 0 aromatic heterocycles. The van der Waals surface area contributed by atoms with E-state index in [0.717, 1.165) is 6.42 Å². The van der Waals surface area contributed by atoms with Crippen molar-refractivity contribution in [3.8, 4) is 0 Å². The van der Waals surface area contributed by atoms with Crippen molar-refractivity contribution in [3.05, 3.63) is 0 Å². The standard InChI is InChI=1S/C8H16O/c1-5-7-8(4,9-7)6(2)3/h6-7H,5H2,1-4H3. The van der Waals surface area contributed by atoms with Crippen LogP contribution in [0.4, 0.5) is 0 Å². The highest BCUT2D eigenvalue weighted by molar-refractivity contribution is 5.00. The largest absolute Gasteiger partial charge is 0.366 e. The molecule has 0 saturated carbocycles. The van der Waals surface area contributed by atoms with Crippen LogP contribution < -0.4 is 0 Å². The second kappa shape index (κ2) is 1.98. The summed E-state index contributed by atoms with van der Waals surface area (Å²) in [4.78, 5) is 0. The highest BCUT2D eigenvalue weighted by Crippen LogP contribution is 2.43. The Morgan fingerprint density at radius 3 is 2.22 bits per heavy atom. The average Bonchev–Trinajstić information content (AvgIpc) is 2.44. The molecule has 0 spiro atoms. The molecule has 1 aliphatic heterocycles. The fraction of sp³-hybridized carbons (Fsp3) is 1.00. The molecule has 0 amide bonds. The molecular weight excluding hydrogens is 112 g/mol. The van der Waals surface area contributed by atoms with Gasteiger partial charge >= 0.3 is 0 Å². The first-order chi connectivity index (χ1) is 4.11. The van der Waals surface area contributed by atoms with Crippen LogP contribution in [0.25, 0.3) is 0 Å². The Kier molecular flexibility index (Phi) is 1.55. The minimum Gasteiger partial charge on any atom is -0.366 e. The third-order valence-corrected chi connectivity index (χ3v) is 2.50. The van der Waals surface area contributed by atoms with E-state index in [0.29, 0.717) is 12.0 Å². The summed E-state index contributed by atoms with van der Waals surface area (Å²) in [5.41, 5.74) is 0.217. The summed E-state index contributed by atoms with van der Waals surface area (Å²) in [5, 5.41) is 0. The lowest BCUT2D eigenvalue weighted by molar-refractivity contribution is 0.254. The van der Waals surface area contributed by atoms with Gasteiger partial charge in [0.1, 0.15) is 0 Å². The van der Waals surface area contributed by atoms with Gasteiger partial charge in [-0.05, 0) is 19.3 Å². The molecule has 0 aromatic rings. The Hall–Kier alpha value is -0.0400. The van der Waals surface area contributed by atoms with Gasteiger partial charge in [0.25, 0.3) is 0 Å². The summed E-state index contributed by atoms with van der Waals surface area (Å²) in [6.07, 6.45) is 1.70. The van der Waals surface area contributed by atoms with Crippen LogP contribution in [-0.4, -0.2) is 11.7 Å². The van der Waals surface area contributed by atoms with E-state index in [-0.39, 0.29) is 5.60 Å². The van der Waals surface area contributed by atoms with Gasteiger partial charge < -0.3 is 4.74 Å². The van der Waals surface area contributed by atoms with E-state index in [2.05, 4.69) is 27.7 Å². The minimum atomic E-state index is 0.217. The van der Waals surface area contributed by atoms with Gasteiger partial charge in [-0.2, -0.15) is 0 Å². The first-order valence-corrected chi connectivity index (χ1v) is 3.79. The lowest BCUT2D eigenvalue weighted by Crippen LogP contribution is -2.17. The van der Waals surface area contributed by atoms with Crippen LogP contribution in [0.2, 0.25) is 0 Å². The fourth-order valence-corrected chi connectivity index (χ4v) is 1.27. The summed E-state index contributed by atoms with van der Waals surface area (Å²) in [6, 6.07) is 0. The maximum absolute atomic E-state index is 5.52. The molecule has 1 fully saturated rings. The topological polar surface area (TPSA) is 12.5 Å². The predicted molar refractivity (Wildman–Crippen MR) is 38.4 cm³/mol. The van der Waals surface area contributed by atoms with E-state index in [4.69, 9.17) is 4.74 Å². The average molecular weight is 128 g/mol. The molecule has 2 atom stereocenters. The zero-order chi connectivity index (χ0) is 7.07. The van der Waals surface area contributed by atoms with Crippen LogP contribution in [0.5, 0.6) is 0 Å². The minimum absolute atomic E-state index is 0.217. The van der Waals surface area contributed by atoms with E-state index < -0.39 is 0 Å². The Morgan fingerprint density at radius 1 is 1.56 bits per heavy atom. The highest BCUT2D eigenvalue weighted by atomic mass is 16.6. The van der Waals surface area contributed by atoms with Crippen molar-refractivity contribution in [2.75, 3.05) is 0 Å². The van der Waals surface area contributed by atoms with E-state index in [1.165, 1.54) is 0 Å². The molecule has 2 unspecified atom stereocenters. The smallest absolute Gasteiger partial charge is 0.0943 e. The van der Waals surface area contributed by atoms with Gasteiger partial charge in [0.2, 0.25) is 0 Å². The van der Waals surface area contributed by atoms with E-state index >= 15 is 0 Å². The maximum Gasteiger partial charge on any atom is 0.0943 e. The van der Waals surface area contributed by atoms with Gasteiger partial charge in [0.15, 0.2) is 0 Å². The summed E-state index contributed by atoms with van der Waals surface area (Å²) < 4.78 is 5.52. The third kappa shape index (κ3) is 0.983. The molecule has 0 aromatic carbocycles. The molecule has 0 bridgehead atoms. The quantitative estimate of drug-likeness (QED) is 0.519. The molecule has 1 heteroatoms. The Bertz CT molecular complexity index is 109. The van der Waals surface area contributed by atoms with Gasteiger partial charge in [-0.1, -0.05) is 20.8 Å². The van der Waals surface area contributed by atoms with E-state index in [9.17, 15) is 0 Å². The SMILES string of the molecule is CCC1OC1(C)C(C)C. The van der Waals surface area contributed by atoms with E-state index in [1.54, 1.807) is 0 Å². The van der Waals surface area contributed by atoms with Gasteiger partial charge in [0, 0.05) is 0 Å². The molecule has 1 nitrogen and oxygen atoms in total. The second-order valence-corrected chi connectivity index (χ2v) is 3.35. The highest BCUT2D eigenvalue weighted by Gasteiger charge is 2.52. The molecule has 9 heavy (non-hydrogen) atoms. The van der Waals surface area contributed by atoms with Gasteiger partial charge in [-0.15, -0.1) is 0 Å². The van der Waals surface area contributed by atoms with Gasteiger partial charge in [0.05, 0.1) is 11.7 Å². The van der Waals surface area contributed by atoms with Crippen molar-refractivity contribution < 1.29 is 4.74 Å². The zero-order valence-electron chi connectivity index (χ0n) is 6.77. The number of epoxide rings is 1. The van der Waals surface area contributed by atoms with Gasteiger partial charge in [-0.25, -0.2) is 0 Å². The maximum atomic E-state index is 5.52. The number of rotatable bonds is 2. The first-order valence-electron chi connectivity index (χ1n) is 3.79. The van der Waals surface area contributed by atoms with Gasteiger partial charge in [-0.3, -0.25) is 0 Å². The molecule has 0 radical (unpaired) electrons. The Labute approximate surface area is 57.4 Å². The lowest BCUT2D eigenvalue weighted by atomic mass is 9.93. The molecule has 1 saturated heterocycles. The van der Waals surface area contributed by atoms with Crippen LogP contribution in [0.1, 0.15) is 34.1 Å². The van der Waals surface area contributed by atoms with Crippen molar-refractivity contribution in [1.82, 2.24) is 0 Å². The Morgan fingerprint density at radius 2 is 2.11 bits per heavy atom. The summed E-state index contributed by atoms with van der Waals surface area (Å²) in [7, 11) is 0. The lowest BCUT2D eigenvalue weighted by Gasteiger charge is -2.08. The summed E-state index contributed by atoms with van der Waals surface area (Å²) in [5.74, 6) is 0.669. The normalized spacial score (nSPS) is 41.7. The monoisotopic (exact) mass is 128 g/mol. The molecule has 54 valence electrons. The molecule has 0 N–H and O–H groups in total. The predicted octanol–water partition coefficient (Wildman–Crippen LogP) is 2.21. The molecule has 1 aliphatic rings. The number of hydrogen-bond donors (Lipinski definition) is 0. The second-order valence-electron chi connectivity index (χ2n) is 3.35. The van der Waals surface area contributed by atoms with Crippen LogP contribution in [0.3, 0.4) is 0 Å². The molecule has 0 aliphatic carbocycles. The summed E-state index contributed by atoms with van der Waals surface area (Å²) in [6.45, 7) is 8.81. The van der Waals surface area contributed by atoms with Crippen molar-refractivity contribution in [1.29, 1.82) is 0 Å². The van der Waals surface area contributed by atoms with E-state index in [1.807, 2.05) is 0 Å². The zero-order valence-corrected chi connectivity index (χ0v) is 6.77. The van der Waals surface area contributed by atoms with Crippen LogP contribution in [-0.2, 0) is 4.74 Å². The molecule has 1 heterocycles. The molecular formula is C8H16O. The van der Waals surface area contributed by atoms with Crippen molar-refractivity contribution >= 4 is 0 Å². The van der Waals surface area contributed by atoms with Crippen LogP contribution in [0, 0.1) is 5.92 Å².